The van der Waals surface area contributed by atoms with Crippen molar-refractivity contribution >= 4 is 28.9 Å². The van der Waals surface area contributed by atoms with Gasteiger partial charge in [0.05, 0.1) is 11.2 Å². The molecule has 0 atom stereocenters. The summed E-state index contributed by atoms with van der Waals surface area (Å²) in [5.41, 5.74) is 2.67. The Labute approximate surface area is 181 Å². The van der Waals surface area contributed by atoms with Crippen LogP contribution in [-0.2, 0) is 11.2 Å². The number of anilines is 2. The maximum Gasteiger partial charge on any atom is 0.224 e. The van der Waals surface area contributed by atoms with Crippen molar-refractivity contribution in [1.29, 1.82) is 0 Å². The Kier molecular flexibility index (Phi) is 6.70. The Balaban J connectivity index is 1.24. The fourth-order valence-electron chi connectivity index (χ4n) is 3.80. The number of hydrogen-bond acceptors (Lipinski definition) is 4. The van der Waals surface area contributed by atoms with Gasteiger partial charge in [0.2, 0.25) is 5.91 Å². The van der Waals surface area contributed by atoms with Crippen molar-refractivity contribution in [2.24, 2.45) is 5.92 Å². The molecule has 0 bridgehead atoms. The minimum atomic E-state index is -0.0702. The van der Waals surface area contributed by atoms with Gasteiger partial charge in [-0.3, -0.25) is 4.79 Å². The molecule has 156 valence electrons. The van der Waals surface area contributed by atoms with Crippen LogP contribution < -0.4 is 10.6 Å². The summed E-state index contributed by atoms with van der Waals surface area (Å²) in [6, 6.07) is 15.3. The molecule has 6 heteroatoms. The number of oxazole rings is 1. The van der Waals surface area contributed by atoms with Gasteiger partial charge in [-0.05, 0) is 55.2 Å². The highest BCUT2D eigenvalue weighted by atomic mass is 35.5. The molecule has 2 aromatic carbocycles. The second kappa shape index (κ2) is 9.81. The average Bonchev–Trinajstić information content (AvgIpc) is 3.44. The number of amides is 1. The van der Waals surface area contributed by atoms with Crippen LogP contribution in [0.1, 0.15) is 38.0 Å². The van der Waals surface area contributed by atoms with Gasteiger partial charge in [0.25, 0.3) is 0 Å². The minimum absolute atomic E-state index is 0.0702. The van der Waals surface area contributed by atoms with Gasteiger partial charge in [-0.1, -0.05) is 36.6 Å². The van der Waals surface area contributed by atoms with Crippen LogP contribution in [0, 0.1) is 5.92 Å². The van der Waals surface area contributed by atoms with Crippen LogP contribution in [0.2, 0.25) is 5.02 Å². The van der Waals surface area contributed by atoms with Crippen LogP contribution in [0.5, 0.6) is 0 Å². The van der Waals surface area contributed by atoms with Crippen LogP contribution in [-0.4, -0.2) is 17.4 Å². The van der Waals surface area contributed by atoms with Gasteiger partial charge in [0.1, 0.15) is 0 Å². The quantitative estimate of drug-likeness (QED) is 0.454. The maximum absolute atomic E-state index is 12.3. The molecule has 1 aliphatic rings. The standard InChI is InChI=1S/C24H26ClN3O2/c25-21-8-4-3-7-20(21)22-16-27-24(30-22)14-13-23(29)28-19-11-9-18(10-12-19)26-15-17-5-1-2-6-17/h3-4,7-12,16-17,26H,1-2,5-6,13-15H2,(H,28,29). The number of nitrogens with zero attached hydrogens (tertiary/aromatic N) is 1. The lowest BCUT2D eigenvalue weighted by Gasteiger charge is -2.12. The first kappa shape index (κ1) is 20.5. The Morgan fingerprint density at radius 2 is 1.80 bits per heavy atom. The van der Waals surface area contributed by atoms with Gasteiger partial charge in [-0.15, -0.1) is 0 Å². The molecule has 2 N–H and O–H groups in total. The van der Waals surface area contributed by atoms with Gasteiger partial charge in [0.15, 0.2) is 11.7 Å². The molecule has 1 aliphatic carbocycles. The molecule has 0 unspecified atom stereocenters. The molecular formula is C24H26ClN3O2. The molecule has 1 amide bonds. The van der Waals surface area contributed by atoms with Crippen molar-refractivity contribution in [2.75, 3.05) is 17.2 Å². The zero-order valence-corrected chi connectivity index (χ0v) is 17.6. The fourth-order valence-corrected chi connectivity index (χ4v) is 4.03. The lowest BCUT2D eigenvalue weighted by Crippen LogP contribution is -2.13. The van der Waals surface area contributed by atoms with Gasteiger partial charge in [-0.25, -0.2) is 4.98 Å². The van der Waals surface area contributed by atoms with Gasteiger partial charge < -0.3 is 15.1 Å². The van der Waals surface area contributed by atoms with E-state index in [2.05, 4.69) is 15.6 Å². The molecule has 30 heavy (non-hydrogen) atoms. The van der Waals surface area contributed by atoms with Crippen molar-refractivity contribution in [3.8, 4) is 11.3 Å². The number of carbonyl (C=O) groups excluding carboxylic acids is 1. The first-order valence-electron chi connectivity index (χ1n) is 10.5. The highest BCUT2D eigenvalue weighted by molar-refractivity contribution is 6.33. The zero-order valence-electron chi connectivity index (χ0n) is 16.9. The zero-order chi connectivity index (χ0) is 20.8. The molecule has 5 nitrogen and oxygen atoms in total. The number of benzene rings is 2. The molecule has 4 rings (SSSR count). The smallest absolute Gasteiger partial charge is 0.224 e. The number of rotatable bonds is 8. The largest absolute Gasteiger partial charge is 0.441 e. The number of aryl methyl sites for hydroxylation is 1. The molecular weight excluding hydrogens is 398 g/mol. The normalized spacial score (nSPS) is 14.0. The summed E-state index contributed by atoms with van der Waals surface area (Å²) in [5, 5.41) is 7.03. The number of aromatic nitrogens is 1. The topological polar surface area (TPSA) is 67.2 Å². The van der Waals surface area contributed by atoms with E-state index < -0.39 is 0 Å². The van der Waals surface area contributed by atoms with Gasteiger partial charge in [0, 0.05) is 36.3 Å². The number of carbonyl (C=O) groups is 1. The summed E-state index contributed by atoms with van der Waals surface area (Å²) in [7, 11) is 0. The first-order valence-corrected chi connectivity index (χ1v) is 10.9. The third kappa shape index (κ3) is 5.42. The van der Waals surface area contributed by atoms with Crippen molar-refractivity contribution in [1.82, 2.24) is 4.98 Å². The predicted octanol–water partition coefficient (Wildman–Crippen LogP) is 6.17. The molecule has 0 spiro atoms. The monoisotopic (exact) mass is 423 g/mol. The summed E-state index contributed by atoms with van der Waals surface area (Å²) in [6.45, 7) is 1.03. The third-order valence-electron chi connectivity index (χ3n) is 5.50. The summed E-state index contributed by atoms with van der Waals surface area (Å²) >= 11 is 6.19. The molecule has 0 aliphatic heterocycles. The van der Waals surface area contributed by atoms with Gasteiger partial charge in [-0.2, -0.15) is 0 Å². The van der Waals surface area contributed by atoms with Crippen molar-refractivity contribution in [3.05, 3.63) is 65.6 Å². The van der Waals surface area contributed by atoms with Gasteiger partial charge >= 0.3 is 0 Å². The SMILES string of the molecule is O=C(CCc1ncc(-c2ccccc2Cl)o1)Nc1ccc(NCC2CCCC2)cc1. The maximum atomic E-state index is 12.3. The highest BCUT2D eigenvalue weighted by Crippen LogP contribution is 2.28. The average molecular weight is 424 g/mol. The van der Waals surface area contributed by atoms with Crippen molar-refractivity contribution in [3.63, 3.8) is 0 Å². The predicted molar refractivity (Wildman–Crippen MR) is 121 cm³/mol. The summed E-state index contributed by atoms with van der Waals surface area (Å²) in [4.78, 5) is 16.5. The molecule has 1 saturated carbocycles. The van der Waals surface area contributed by atoms with E-state index in [1.54, 1.807) is 6.20 Å². The van der Waals surface area contributed by atoms with E-state index in [1.807, 2.05) is 48.5 Å². The summed E-state index contributed by atoms with van der Waals surface area (Å²) in [6.07, 6.45) is 7.72. The number of nitrogens with one attached hydrogen (secondary N) is 2. The summed E-state index contributed by atoms with van der Waals surface area (Å²) in [5.74, 6) is 1.85. The molecule has 0 saturated heterocycles. The van der Waals surface area contributed by atoms with Crippen LogP contribution >= 0.6 is 11.6 Å². The number of hydrogen-bond donors (Lipinski definition) is 2. The van der Waals surface area contributed by atoms with Crippen molar-refractivity contribution < 1.29 is 9.21 Å². The number of halogens is 1. The Morgan fingerprint density at radius 3 is 2.57 bits per heavy atom. The van der Waals surface area contributed by atoms with E-state index in [0.717, 1.165) is 29.4 Å². The Hall–Kier alpha value is -2.79. The van der Waals surface area contributed by atoms with Crippen LogP contribution in [0.15, 0.2) is 59.1 Å². The first-order chi connectivity index (χ1) is 14.7. The van der Waals surface area contributed by atoms with Crippen molar-refractivity contribution in [2.45, 2.75) is 38.5 Å². The minimum Gasteiger partial charge on any atom is -0.441 e. The van der Waals surface area contributed by atoms with Crippen LogP contribution in [0.3, 0.4) is 0 Å². The molecule has 3 aromatic rings. The van der Waals surface area contributed by atoms with E-state index in [9.17, 15) is 4.79 Å². The lowest BCUT2D eigenvalue weighted by molar-refractivity contribution is -0.116. The second-order valence-electron chi connectivity index (χ2n) is 7.76. The molecule has 1 aromatic heterocycles. The van der Waals surface area contributed by atoms with E-state index in [-0.39, 0.29) is 5.91 Å². The highest BCUT2D eigenvalue weighted by Gasteiger charge is 2.14. The Bertz CT molecular complexity index is 978. The second-order valence-corrected chi connectivity index (χ2v) is 8.16. The van der Waals surface area contributed by atoms with E-state index in [0.29, 0.717) is 29.5 Å². The molecule has 1 heterocycles. The van der Waals surface area contributed by atoms with E-state index in [1.165, 1.54) is 25.7 Å². The lowest BCUT2D eigenvalue weighted by atomic mass is 10.1. The van der Waals surface area contributed by atoms with E-state index >= 15 is 0 Å². The third-order valence-corrected chi connectivity index (χ3v) is 5.83. The molecule has 0 radical (unpaired) electrons. The van der Waals surface area contributed by atoms with E-state index in [4.69, 9.17) is 16.0 Å². The van der Waals surface area contributed by atoms with Crippen LogP contribution in [0.25, 0.3) is 11.3 Å². The Morgan fingerprint density at radius 1 is 1.07 bits per heavy atom. The summed E-state index contributed by atoms with van der Waals surface area (Å²) < 4.78 is 5.75. The molecule has 1 fully saturated rings. The van der Waals surface area contributed by atoms with Crippen LogP contribution in [0.4, 0.5) is 11.4 Å². The fraction of sp³-hybridized carbons (Fsp3) is 0.333.